The minimum Gasteiger partial charge on any atom is -0.462 e. The average molecular weight is 605 g/mol. The van der Waals surface area contributed by atoms with Crippen molar-refractivity contribution in [3.8, 4) is 0 Å². The number of rotatable bonds is 30. The number of unbranched alkanes of at least 4 members (excludes halogenated alkanes) is 18. The van der Waals surface area contributed by atoms with E-state index in [2.05, 4.69) is 30.5 Å². The van der Waals surface area contributed by atoms with E-state index in [0.717, 1.165) is 51.4 Å². The zero-order valence-electron chi connectivity index (χ0n) is 26.2. The molecule has 0 saturated heterocycles. The maximum absolute atomic E-state index is 12.3. The fourth-order valence-electron chi connectivity index (χ4n) is 4.54. The molecule has 8 nitrogen and oxygen atoms in total. The van der Waals surface area contributed by atoms with E-state index in [9.17, 15) is 14.2 Å². The lowest BCUT2D eigenvalue weighted by molar-refractivity contribution is -0.161. The molecule has 0 spiro atoms. The number of ether oxygens (including phenoxy) is 2. The van der Waals surface area contributed by atoms with Crippen LogP contribution in [-0.4, -0.2) is 41.0 Å². The number of carbonyl (C=O) groups is 2. The molecule has 0 unspecified atom stereocenters. The smallest absolute Gasteiger partial charge is 0.462 e. The van der Waals surface area contributed by atoms with Crippen molar-refractivity contribution in [1.29, 1.82) is 0 Å². The van der Waals surface area contributed by atoms with Gasteiger partial charge in [-0.05, 0) is 38.5 Å². The van der Waals surface area contributed by atoms with E-state index < -0.39 is 32.5 Å². The zero-order chi connectivity index (χ0) is 30.4. The fourth-order valence-corrected chi connectivity index (χ4v) is 4.90. The molecule has 1 atom stereocenters. The topological polar surface area (TPSA) is 119 Å². The van der Waals surface area contributed by atoms with Crippen molar-refractivity contribution in [2.75, 3.05) is 13.2 Å². The van der Waals surface area contributed by atoms with Crippen LogP contribution in [0.5, 0.6) is 0 Å². The monoisotopic (exact) mass is 604 g/mol. The molecule has 0 radical (unpaired) electrons. The Kier molecular flexibility index (Phi) is 28.0. The molecule has 242 valence electrons. The highest BCUT2D eigenvalue weighted by atomic mass is 31.2. The second kappa shape index (κ2) is 28.9. The molecule has 0 aromatic heterocycles. The van der Waals surface area contributed by atoms with E-state index in [1.807, 2.05) is 0 Å². The highest BCUT2D eigenvalue weighted by Crippen LogP contribution is 2.35. The van der Waals surface area contributed by atoms with Gasteiger partial charge in [0.05, 0.1) is 6.61 Å². The number of phosphoric acid groups is 1. The van der Waals surface area contributed by atoms with Crippen molar-refractivity contribution >= 4 is 19.8 Å². The van der Waals surface area contributed by atoms with E-state index in [1.165, 1.54) is 77.0 Å². The predicted molar refractivity (Wildman–Crippen MR) is 166 cm³/mol. The maximum Gasteiger partial charge on any atom is 0.469 e. The predicted octanol–water partition coefficient (Wildman–Crippen LogP) is 9.12. The van der Waals surface area contributed by atoms with Gasteiger partial charge in [-0.25, -0.2) is 4.57 Å². The van der Waals surface area contributed by atoms with Gasteiger partial charge in [-0.15, -0.1) is 0 Å². The number of hydrogen-bond acceptors (Lipinski definition) is 6. The summed E-state index contributed by atoms with van der Waals surface area (Å²) in [4.78, 5) is 42.4. The molecule has 0 bridgehead atoms. The molecule has 0 amide bonds. The fraction of sp³-hybridized carbons (Fsp3) is 0.875. The quantitative estimate of drug-likeness (QED) is 0.0360. The lowest BCUT2D eigenvalue weighted by Crippen LogP contribution is -2.29. The normalized spacial score (nSPS) is 12.6. The largest absolute Gasteiger partial charge is 0.469 e. The molecule has 0 aliphatic rings. The molecule has 41 heavy (non-hydrogen) atoms. The van der Waals surface area contributed by atoms with Gasteiger partial charge in [-0.1, -0.05) is 122 Å². The van der Waals surface area contributed by atoms with Gasteiger partial charge >= 0.3 is 19.8 Å². The van der Waals surface area contributed by atoms with Crippen LogP contribution in [0.25, 0.3) is 0 Å². The molecule has 0 aromatic carbocycles. The molecule has 0 heterocycles. The third-order valence-electron chi connectivity index (χ3n) is 7.03. The standard InChI is InChI=1S/C32H61O8P/c1-3-5-7-9-11-13-14-15-16-17-19-21-23-25-27-32(34)40-30(29-39-41(35,36)37)28-38-31(33)26-24-22-20-18-12-10-8-6-4-2/h14-15,30H,3-13,16-29H2,1-2H3,(H2,35,36,37)/b15-14+/t30-/m1/s1. The third-order valence-corrected chi connectivity index (χ3v) is 7.52. The van der Waals surface area contributed by atoms with Crippen LogP contribution in [0.2, 0.25) is 0 Å². The van der Waals surface area contributed by atoms with Crippen LogP contribution in [0.3, 0.4) is 0 Å². The van der Waals surface area contributed by atoms with Crippen molar-refractivity contribution in [3.63, 3.8) is 0 Å². The highest BCUT2D eigenvalue weighted by Gasteiger charge is 2.22. The highest BCUT2D eigenvalue weighted by molar-refractivity contribution is 7.46. The molecular formula is C32H61O8P. The van der Waals surface area contributed by atoms with Gasteiger partial charge in [0, 0.05) is 12.8 Å². The van der Waals surface area contributed by atoms with Crippen LogP contribution in [0.4, 0.5) is 0 Å². The average Bonchev–Trinajstić information content (AvgIpc) is 2.93. The van der Waals surface area contributed by atoms with Gasteiger partial charge < -0.3 is 19.3 Å². The Labute approximate surface area is 250 Å². The van der Waals surface area contributed by atoms with Gasteiger partial charge in [-0.2, -0.15) is 0 Å². The van der Waals surface area contributed by atoms with E-state index in [4.69, 9.17) is 19.3 Å². The summed E-state index contributed by atoms with van der Waals surface area (Å²) in [5, 5.41) is 0. The molecule has 2 N–H and O–H groups in total. The number of phosphoric ester groups is 1. The lowest BCUT2D eigenvalue weighted by Gasteiger charge is -2.18. The van der Waals surface area contributed by atoms with Crippen LogP contribution in [0, 0.1) is 0 Å². The molecule has 0 aliphatic heterocycles. The van der Waals surface area contributed by atoms with E-state index in [0.29, 0.717) is 6.42 Å². The number of carbonyl (C=O) groups excluding carboxylic acids is 2. The summed E-state index contributed by atoms with van der Waals surface area (Å²) in [5.74, 6) is -0.895. The minimum atomic E-state index is -4.74. The van der Waals surface area contributed by atoms with Crippen LogP contribution in [-0.2, 0) is 28.2 Å². The molecule has 0 saturated carbocycles. The van der Waals surface area contributed by atoms with Gasteiger partial charge in [0.15, 0.2) is 6.10 Å². The summed E-state index contributed by atoms with van der Waals surface area (Å²) < 4.78 is 26.1. The zero-order valence-corrected chi connectivity index (χ0v) is 27.1. The van der Waals surface area contributed by atoms with Crippen molar-refractivity contribution in [2.45, 2.75) is 168 Å². The lowest BCUT2D eigenvalue weighted by atomic mass is 10.1. The molecular weight excluding hydrogens is 543 g/mol. The number of hydrogen-bond donors (Lipinski definition) is 2. The van der Waals surface area contributed by atoms with Crippen molar-refractivity contribution < 1.29 is 37.9 Å². The van der Waals surface area contributed by atoms with Crippen molar-refractivity contribution in [3.05, 3.63) is 12.2 Å². The summed E-state index contributed by atoms with van der Waals surface area (Å²) in [6.07, 6.45) is 28.0. The van der Waals surface area contributed by atoms with E-state index in [-0.39, 0.29) is 19.4 Å². The summed E-state index contributed by atoms with van der Waals surface area (Å²) in [7, 11) is -4.74. The Morgan fingerprint density at radius 2 is 1.02 bits per heavy atom. The van der Waals surface area contributed by atoms with Crippen LogP contribution in [0.1, 0.15) is 162 Å². The second-order valence-corrected chi connectivity index (χ2v) is 12.4. The van der Waals surface area contributed by atoms with Gasteiger partial charge in [-0.3, -0.25) is 14.1 Å². The Morgan fingerprint density at radius 3 is 1.49 bits per heavy atom. The first-order valence-electron chi connectivity index (χ1n) is 16.5. The van der Waals surface area contributed by atoms with Gasteiger partial charge in [0.25, 0.3) is 0 Å². The summed E-state index contributed by atoms with van der Waals surface area (Å²) in [6.45, 7) is 3.62. The molecule has 9 heteroatoms. The van der Waals surface area contributed by atoms with Crippen molar-refractivity contribution in [1.82, 2.24) is 0 Å². The van der Waals surface area contributed by atoms with Crippen LogP contribution < -0.4 is 0 Å². The van der Waals surface area contributed by atoms with Crippen LogP contribution in [0.15, 0.2) is 12.2 Å². The van der Waals surface area contributed by atoms with Crippen LogP contribution >= 0.6 is 7.82 Å². The van der Waals surface area contributed by atoms with E-state index in [1.54, 1.807) is 0 Å². The first-order valence-corrected chi connectivity index (χ1v) is 18.0. The van der Waals surface area contributed by atoms with Gasteiger partial charge in [0.1, 0.15) is 6.61 Å². The summed E-state index contributed by atoms with van der Waals surface area (Å²) in [5.41, 5.74) is 0. The SMILES string of the molecule is CCCCCCC/C=C/CCCCCCCC(=O)O[C@H](COC(=O)CCCCCCCCCCC)COP(=O)(O)O. The Balaban J connectivity index is 4.02. The van der Waals surface area contributed by atoms with Gasteiger partial charge in [0.2, 0.25) is 0 Å². The van der Waals surface area contributed by atoms with Crippen molar-refractivity contribution in [2.24, 2.45) is 0 Å². The Bertz CT molecular complexity index is 691. The Hall–Kier alpha value is -1.21. The Morgan fingerprint density at radius 1 is 0.610 bits per heavy atom. The third kappa shape index (κ3) is 31.6. The maximum atomic E-state index is 12.3. The molecule has 0 fully saturated rings. The molecule has 0 aromatic rings. The first-order chi connectivity index (χ1) is 19.8. The number of allylic oxidation sites excluding steroid dienone is 2. The second-order valence-electron chi connectivity index (χ2n) is 11.1. The number of esters is 2. The minimum absolute atomic E-state index is 0.205. The molecule has 0 rings (SSSR count). The first kappa shape index (κ1) is 39.8. The summed E-state index contributed by atoms with van der Waals surface area (Å²) >= 11 is 0. The molecule has 0 aliphatic carbocycles. The van der Waals surface area contributed by atoms with E-state index >= 15 is 0 Å². The summed E-state index contributed by atoms with van der Waals surface area (Å²) in [6, 6.07) is 0.